The molecule has 12 aromatic rings. The van der Waals surface area contributed by atoms with Gasteiger partial charge in [-0.2, -0.15) is 0 Å². The van der Waals surface area contributed by atoms with Crippen molar-refractivity contribution in [2.75, 3.05) is 0 Å². The van der Waals surface area contributed by atoms with Gasteiger partial charge in [0.2, 0.25) is 0 Å². The van der Waals surface area contributed by atoms with E-state index in [0.29, 0.717) is 0 Å². The van der Waals surface area contributed by atoms with Crippen molar-refractivity contribution in [1.29, 1.82) is 0 Å². The standard InChI is InChI=1S/C31H18Br2O2.C19H8Br2O2.C12H9Br/c32-19-14-15-21-24(16-19)31(34,23-12-6-4-10-20(23)18-8-2-1-3-9-18)25-17-26(33)30-29(28(21)25)22-11-5-7-13-27(22)35-30;20-9-5-6-10-12(7-9)18(22)13-8-14(21)19-17(16(10)13)11-3-1-2-4-15(11)23-19;13-12-9-5-4-8-11(12)10-6-2-1-3-7-10/h1-17,34H;1-8H;1-9H. The Morgan fingerprint density at radius 1 is 0.366 bits per heavy atom. The van der Waals surface area contributed by atoms with Gasteiger partial charge in [0, 0.05) is 73.9 Å². The third-order valence-corrected chi connectivity index (χ3v) is 16.2. The van der Waals surface area contributed by atoms with Crippen molar-refractivity contribution >= 4 is 129 Å². The predicted octanol–water partition coefficient (Wildman–Crippen LogP) is 19.5. The van der Waals surface area contributed by atoms with Crippen LogP contribution in [0.1, 0.15) is 32.6 Å². The maximum atomic E-state index is 12.9. The zero-order chi connectivity index (χ0) is 48.5. The molecule has 10 aromatic carbocycles. The Balaban J connectivity index is 0.000000123. The summed E-state index contributed by atoms with van der Waals surface area (Å²) in [7, 11) is 0. The third-order valence-electron chi connectivity index (χ3n) is 13.3. The number of halogens is 5. The molecule has 0 bridgehead atoms. The van der Waals surface area contributed by atoms with Gasteiger partial charge in [0.15, 0.2) is 5.78 Å². The zero-order valence-corrected chi connectivity index (χ0v) is 45.1. The second-order valence-electron chi connectivity index (χ2n) is 17.3. The maximum Gasteiger partial charge on any atom is 0.194 e. The van der Waals surface area contributed by atoms with E-state index in [-0.39, 0.29) is 5.78 Å². The molecule has 1 atom stereocenters. The molecule has 4 nitrogen and oxygen atoms in total. The Bertz CT molecular complexity index is 4100. The number of benzene rings is 10. The Hall–Kier alpha value is -6.17. The fourth-order valence-electron chi connectivity index (χ4n) is 10.3. The number of aliphatic hydroxyl groups is 1. The molecule has 0 fully saturated rings. The van der Waals surface area contributed by atoms with Crippen molar-refractivity contribution in [1.82, 2.24) is 0 Å². The van der Waals surface area contributed by atoms with Crippen molar-refractivity contribution in [3.63, 3.8) is 0 Å². The molecule has 2 heterocycles. The molecule has 14 rings (SSSR count). The zero-order valence-electron chi connectivity index (χ0n) is 37.2. The lowest BCUT2D eigenvalue weighted by Gasteiger charge is -2.29. The van der Waals surface area contributed by atoms with Crippen molar-refractivity contribution in [2.45, 2.75) is 5.60 Å². The summed E-state index contributed by atoms with van der Waals surface area (Å²) in [5.41, 5.74) is 14.4. The van der Waals surface area contributed by atoms with Gasteiger partial charge in [-0.05, 0) is 120 Å². The molecule has 0 spiro atoms. The first-order chi connectivity index (χ1) is 34.6. The number of rotatable bonds is 3. The SMILES string of the molecule is Brc1ccccc1-c1ccccc1.O=C1c2cc(Br)ccc2-c2c1cc(Br)c1oc3ccccc3c21.OC1(c2ccccc2-c2ccccc2)c2cc(Br)ccc2-c2c1cc(Br)c1oc3ccccc3c21. The average Bonchev–Trinajstić information content (AvgIpc) is 4.13. The molecule has 2 aromatic heterocycles. The van der Waals surface area contributed by atoms with Crippen molar-refractivity contribution in [3.8, 4) is 44.5 Å². The molecule has 9 heteroatoms. The first kappa shape index (κ1) is 45.9. The lowest BCUT2D eigenvalue weighted by Crippen LogP contribution is -2.27. The second-order valence-corrected chi connectivity index (χ2v) is 21.7. The van der Waals surface area contributed by atoms with Gasteiger partial charge >= 0.3 is 0 Å². The van der Waals surface area contributed by atoms with Crippen LogP contribution in [0, 0.1) is 0 Å². The number of hydrogen-bond donors (Lipinski definition) is 1. The molecule has 1 N–H and O–H groups in total. The number of ketones is 1. The van der Waals surface area contributed by atoms with Gasteiger partial charge in [-0.3, -0.25) is 4.79 Å². The number of para-hydroxylation sites is 2. The number of carbonyl (C=O) groups excluding carboxylic acids is 1. The van der Waals surface area contributed by atoms with E-state index in [0.717, 1.165) is 127 Å². The minimum absolute atomic E-state index is 0.0594. The number of hydrogen-bond acceptors (Lipinski definition) is 4. The van der Waals surface area contributed by atoms with Crippen molar-refractivity contribution < 1.29 is 18.7 Å². The summed E-state index contributed by atoms with van der Waals surface area (Å²) in [5, 5.41) is 16.9. The monoisotopic (exact) mass is 1240 g/mol. The Kier molecular flexibility index (Phi) is 11.9. The molecule has 0 aliphatic heterocycles. The van der Waals surface area contributed by atoms with Crippen LogP contribution in [0.3, 0.4) is 0 Å². The molecule has 0 amide bonds. The first-order valence-corrected chi connectivity index (χ1v) is 26.7. The third kappa shape index (κ3) is 7.72. The van der Waals surface area contributed by atoms with E-state index in [1.54, 1.807) is 0 Å². The van der Waals surface area contributed by atoms with Crippen LogP contribution in [-0.2, 0) is 5.60 Å². The minimum Gasteiger partial charge on any atom is -0.455 e. The van der Waals surface area contributed by atoms with Crippen molar-refractivity contribution in [2.24, 2.45) is 0 Å². The van der Waals surface area contributed by atoms with Gasteiger partial charge in [-0.15, -0.1) is 0 Å². The van der Waals surface area contributed by atoms with Crippen LogP contribution >= 0.6 is 79.6 Å². The molecule has 71 heavy (non-hydrogen) atoms. The van der Waals surface area contributed by atoms with Gasteiger partial charge in [0.25, 0.3) is 0 Å². The van der Waals surface area contributed by atoms with E-state index in [1.807, 2.05) is 140 Å². The molecule has 0 saturated carbocycles. The van der Waals surface area contributed by atoms with Crippen molar-refractivity contribution in [3.05, 3.63) is 256 Å². The highest BCUT2D eigenvalue weighted by Crippen LogP contribution is 2.58. The largest absolute Gasteiger partial charge is 0.455 e. The van der Waals surface area contributed by atoms with Crippen LogP contribution < -0.4 is 0 Å². The molecule has 0 radical (unpaired) electrons. The fraction of sp³-hybridized carbons (Fsp3) is 0.0161. The lowest BCUT2D eigenvalue weighted by atomic mass is 9.80. The molecular weight excluding hydrogens is 1210 g/mol. The van der Waals surface area contributed by atoms with Crippen LogP contribution in [0.25, 0.3) is 88.4 Å². The molecule has 2 aliphatic rings. The Morgan fingerprint density at radius 3 is 1.52 bits per heavy atom. The number of furan rings is 2. The quantitative estimate of drug-likeness (QED) is 0.191. The van der Waals surface area contributed by atoms with E-state index >= 15 is 0 Å². The summed E-state index contributed by atoms with van der Waals surface area (Å²) in [4.78, 5) is 12.8. The lowest BCUT2D eigenvalue weighted by molar-refractivity contribution is 0.104. The average molecular weight is 1240 g/mol. The molecular formula is C62H35Br5O4. The highest BCUT2D eigenvalue weighted by atomic mass is 79.9. The van der Waals surface area contributed by atoms with Gasteiger partial charge < -0.3 is 13.9 Å². The number of carbonyl (C=O) groups is 1. The smallest absolute Gasteiger partial charge is 0.194 e. The summed E-state index contributed by atoms with van der Waals surface area (Å²) in [6, 6.07) is 68.9. The van der Waals surface area contributed by atoms with Crippen LogP contribution in [0.15, 0.2) is 237 Å². The Morgan fingerprint density at radius 2 is 0.873 bits per heavy atom. The fourth-order valence-corrected chi connectivity index (χ4v) is 12.5. The maximum absolute atomic E-state index is 12.9. The van der Waals surface area contributed by atoms with Crippen LogP contribution in [0.5, 0.6) is 0 Å². The van der Waals surface area contributed by atoms with E-state index in [9.17, 15) is 9.90 Å². The molecule has 342 valence electrons. The van der Waals surface area contributed by atoms with E-state index in [1.165, 1.54) is 11.1 Å². The predicted molar refractivity (Wildman–Crippen MR) is 306 cm³/mol. The minimum atomic E-state index is -1.35. The van der Waals surface area contributed by atoms with Gasteiger partial charge in [0.1, 0.15) is 27.9 Å². The van der Waals surface area contributed by atoms with Gasteiger partial charge in [0.05, 0.1) is 8.95 Å². The topological polar surface area (TPSA) is 63.6 Å². The van der Waals surface area contributed by atoms with E-state index in [4.69, 9.17) is 8.83 Å². The first-order valence-electron chi connectivity index (χ1n) is 22.7. The van der Waals surface area contributed by atoms with Gasteiger partial charge in [-0.1, -0.05) is 199 Å². The summed E-state index contributed by atoms with van der Waals surface area (Å²) in [5.74, 6) is 0.0594. The summed E-state index contributed by atoms with van der Waals surface area (Å²) >= 11 is 18.0. The molecule has 1 unspecified atom stereocenters. The summed E-state index contributed by atoms with van der Waals surface area (Å²) in [6.07, 6.45) is 0. The highest BCUT2D eigenvalue weighted by molar-refractivity contribution is 9.11. The van der Waals surface area contributed by atoms with Crippen LogP contribution in [0.4, 0.5) is 0 Å². The van der Waals surface area contributed by atoms with E-state index < -0.39 is 5.60 Å². The van der Waals surface area contributed by atoms with Crippen LogP contribution in [-0.4, -0.2) is 10.9 Å². The summed E-state index contributed by atoms with van der Waals surface area (Å²) < 4.78 is 16.9. The molecule has 0 saturated heterocycles. The van der Waals surface area contributed by atoms with Gasteiger partial charge in [-0.25, -0.2) is 0 Å². The highest BCUT2D eigenvalue weighted by Gasteiger charge is 2.46. The Labute approximate surface area is 450 Å². The van der Waals surface area contributed by atoms with Crippen LogP contribution in [0.2, 0.25) is 0 Å². The normalized spacial score (nSPS) is 14.1. The second kappa shape index (κ2) is 18.5. The van der Waals surface area contributed by atoms with E-state index in [2.05, 4.69) is 146 Å². The number of fused-ring (bicyclic) bond motifs is 14. The molecule has 2 aliphatic carbocycles. The summed E-state index contributed by atoms with van der Waals surface area (Å²) in [6.45, 7) is 0.